The molecule has 0 spiro atoms. The fourth-order valence-corrected chi connectivity index (χ4v) is 3.60. The van der Waals surface area contributed by atoms with Gasteiger partial charge in [-0.25, -0.2) is 8.42 Å². The Morgan fingerprint density at radius 3 is 2.54 bits per heavy atom. The van der Waals surface area contributed by atoms with E-state index < -0.39 is 10.0 Å². The van der Waals surface area contributed by atoms with E-state index in [0.717, 1.165) is 22.9 Å². The number of hydrogen-bond donors (Lipinski definition) is 1. The Hall–Kier alpha value is -2.80. The van der Waals surface area contributed by atoms with E-state index in [9.17, 15) is 13.2 Å². The van der Waals surface area contributed by atoms with Crippen LogP contribution >= 0.6 is 0 Å². The summed E-state index contributed by atoms with van der Waals surface area (Å²) in [7, 11) is -0.152. The molecule has 2 aromatic carbocycles. The van der Waals surface area contributed by atoms with Crippen molar-refractivity contribution >= 4 is 26.5 Å². The van der Waals surface area contributed by atoms with Gasteiger partial charge in [-0.15, -0.1) is 0 Å². The molecule has 26 heavy (non-hydrogen) atoms. The monoisotopic (exact) mass is 372 g/mol. The fraction of sp³-hybridized carbons (Fsp3) is 0.211. The van der Waals surface area contributed by atoms with Crippen molar-refractivity contribution in [1.29, 1.82) is 0 Å². The van der Waals surface area contributed by atoms with E-state index in [4.69, 9.17) is 4.74 Å². The van der Waals surface area contributed by atoms with Crippen LogP contribution in [-0.4, -0.2) is 26.4 Å². The molecule has 7 heteroatoms. The Kier molecular flexibility index (Phi) is 4.50. The molecule has 0 fully saturated rings. The van der Waals surface area contributed by atoms with Crippen molar-refractivity contribution < 1.29 is 13.2 Å². The molecular weight excluding hydrogens is 352 g/mol. The maximum Gasteiger partial charge on any atom is 0.258 e. The van der Waals surface area contributed by atoms with Crippen molar-refractivity contribution in [3.05, 3.63) is 58.5 Å². The third kappa shape index (κ3) is 3.30. The van der Waals surface area contributed by atoms with E-state index in [1.807, 2.05) is 19.1 Å². The zero-order chi connectivity index (χ0) is 19.1. The first-order valence-corrected chi connectivity index (χ1v) is 9.85. The molecule has 3 aromatic rings. The lowest BCUT2D eigenvalue weighted by molar-refractivity contribution is 0.420. The van der Waals surface area contributed by atoms with Crippen LogP contribution in [0.15, 0.2) is 47.4 Å². The van der Waals surface area contributed by atoms with Crippen LogP contribution in [-0.2, 0) is 17.1 Å². The summed E-state index contributed by atoms with van der Waals surface area (Å²) in [5.74, 6) is 0.591. The molecule has 0 saturated heterocycles. The highest BCUT2D eigenvalue weighted by Gasteiger charge is 2.15. The summed E-state index contributed by atoms with van der Waals surface area (Å²) in [5.41, 5.74) is 2.76. The highest BCUT2D eigenvalue weighted by atomic mass is 32.2. The van der Waals surface area contributed by atoms with Crippen molar-refractivity contribution in [3.8, 4) is 16.9 Å². The molecule has 0 bridgehead atoms. The van der Waals surface area contributed by atoms with Gasteiger partial charge in [0.25, 0.3) is 5.56 Å². The van der Waals surface area contributed by atoms with Gasteiger partial charge in [0.2, 0.25) is 10.0 Å². The second-order valence-corrected chi connectivity index (χ2v) is 7.99. The number of nitrogens with zero attached hydrogens (tertiary/aromatic N) is 1. The minimum atomic E-state index is -3.40. The average Bonchev–Trinajstić information content (AvgIpc) is 2.58. The van der Waals surface area contributed by atoms with Crippen molar-refractivity contribution in [2.24, 2.45) is 7.05 Å². The van der Waals surface area contributed by atoms with E-state index >= 15 is 0 Å². The molecule has 0 amide bonds. The van der Waals surface area contributed by atoms with E-state index in [2.05, 4.69) is 4.72 Å². The fourth-order valence-electron chi connectivity index (χ4n) is 2.98. The Bertz CT molecular complexity index is 1160. The number of anilines is 1. The van der Waals surface area contributed by atoms with E-state index in [0.29, 0.717) is 22.2 Å². The first-order valence-electron chi connectivity index (χ1n) is 7.96. The van der Waals surface area contributed by atoms with Crippen LogP contribution < -0.4 is 15.0 Å². The standard InChI is InChI=1S/C19H20N2O4S/c1-12-8-9-13(10-16(12)20-26(4,23)24)15-11-21(2)19(22)14-6-5-7-17(25-3)18(14)15/h5-11,20H,1-4H3. The number of pyridine rings is 1. The first kappa shape index (κ1) is 18.0. The predicted octanol–water partition coefficient (Wildman–Crippen LogP) is 2.89. The highest BCUT2D eigenvalue weighted by Crippen LogP contribution is 2.35. The number of ether oxygens (including phenoxy) is 1. The predicted molar refractivity (Wildman–Crippen MR) is 104 cm³/mol. The first-order chi connectivity index (χ1) is 12.2. The number of sulfonamides is 1. The number of rotatable bonds is 4. The molecule has 3 rings (SSSR count). The molecular formula is C19H20N2O4S. The molecule has 1 heterocycles. The molecule has 136 valence electrons. The van der Waals surface area contributed by atoms with Gasteiger partial charge in [0, 0.05) is 24.2 Å². The van der Waals surface area contributed by atoms with Crippen LogP contribution in [0.1, 0.15) is 5.56 Å². The molecule has 0 atom stereocenters. The molecule has 0 aliphatic carbocycles. The van der Waals surface area contributed by atoms with Crippen LogP contribution in [0.2, 0.25) is 0 Å². The minimum absolute atomic E-state index is 0.121. The lowest BCUT2D eigenvalue weighted by atomic mass is 9.98. The van der Waals surface area contributed by atoms with Crippen molar-refractivity contribution in [3.63, 3.8) is 0 Å². The Labute approximate surface area is 152 Å². The van der Waals surface area contributed by atoms with Gasteiger partial charge in [-0.2, -0.15) is 0 Å². The number of methoxy groups -OCH3 is 1. The molecule has 1 aromatic heterocycles. The maximum absolute atomic E-state index is 12.5. The lowest BCUT2D eigenvalue weighted by Gasteiger charge is -2.15. The van der Waals surface area contributed by atoms with Gasteiger partial charge in [0.15, 0.2) is 0 Å². The zero-order valence-electron chi connectivity index (χ0n) is 15.0. The van der Waals surface area contributed by atoms with Crippen LogP contribution in [0, 0.1) is 6.92 Å². The molecule has 0 radical (unpaired) electrons. The topological polar surface area (TPSA) is 77.4 Å². The summed E-state index contributed by atoms with van der Waals surface area (Å²) in [5, 5.41) is 1.25. The van der Waals surface area contributed by atoms with Crippen molar-refractivity contribution in [2.45, 2.75) is 6.92 Å². The van der Waals surface area contributed by atoms with Crippen molar-refractivity contribution in [2.75, 3.05) is 18.1 Å². The van der Waals surface area contributed by atoms with Gasteiger partial charge in [0.1, 0.15) is 5.75 Å². The van der Waals surface area contributed by atoms with Gasteiger partial charge in [-0.1, -0.05) is 18.2 Å². The Morgan fingerprint density at radius 1 is 1.15 bits per heavy atom. The summed E-state index contributed by atoms with van der Waals surface area (Å²) in [6, 6.07) is 10.8. The smallest absolute Gasteiger partial charge is 0.258 e. The van der Waals surface area contributed by atoms with Gasteiger partial charge in [0.05, 0.1) is 24.4 Å². The maximum atomic E-state index is 12.5. The van der Waals surface area contributed by atoms with Gasteiger partial charge < -0.3 is 9.30 Å². The van der Waals surface area contributed by atoms with Gasteiger partial charge in [-0.3, -0.25) is 9.52 Å². The molecule has 6 nitrogen and oxygen atoms in total. The molecule has 0 saturated carbocycles. The van der Waals surface area contributed by atoms with Gasteiger partial charge in [-0.05, 0) is 36.2 Å². The summed E-state index contributed by atoms with van der Waals surface area (Å²) in [6.45, 7) is 1.83. The third-order valence-electron chi connectivity index (χ3n) is 4.23. The summed E-state index contributed by atoms with van der Waals surface area (Å²) in [6.07, 6.45) is 2.85. The molecule has 1 N–H and O–H groups in total. The lowest BCUT2D eigenvalue weighted by Crippen LogP contribution is -2.17. The second-order valence-electron chi connectivity index (χ2n) is 6.25. The van der Waals surface area contributed by atoms with E-state index in [1.165, 1.54) is 4.57 Å². The average molecular weight is 372 g/mol. The van der Waals surface area contributed by atoms with Crippen molar-refractivity contribution in [1.82, 2.24) is 4.57 Å². The minimum Gasteiger partial charge on any atom is -0.496 e. The van der Waals surface area contributed by atoms with E-state index in [1.54, 1.807) is 44.6 Å². The second kappa shape index (κ2) is 6.49. The number of nitrogens with one attached hydrogen (secondary N) is 1. The Morgan fingerprint density at radius 2 is 1.88 bits per heavy atom. The van der Waals surface area contributed by atoms with Crippen LogP contribution in [0.25, 0.3) is 21.9 Å². The number of aryl methyl sites for hydroxylation is 2. The number of hydrogen-bond acceptors (Lipinski definition) is 4. The quantitative estimate of drug-likeness (QED) is 0.764. The SMILES string of the molecule is COc1cccc2c(=O)n(C)cc(-c3ccc(C)c(NS(C)(=O)=O)c3)c12. The summed E-state index contributed by atoms with van der Waals surface area (Å²) in [4.78, 5) is 12.5. The van der Waals surface area contributed by atoms with Crippen LogP contribution in [0.5, 0.6) is 5.75 Å². The molecule has 0 aliphatic heterocycles. The molecule has 0 aliphatic rings. The Balaban J connectivity index is 2.34. The molecule has 0 unspecified atom stereocenters. The van der Waals surface area contributed by atoms with E-state index in [-0.39, 0.29) is 5.56 Å². The number of benzene rings is 2. The van der Waals surface area contributed by atoms with Crippen LogP contribution in [0.4, 0.5) is 5.69 Å². The number of fused-ring (bicyclic) bond motifs is 1. The highest BCUT2D eigenvalue weighted by molar-refractivity contribution is 7.92. The summed E-state index contributed by atoms with van der Waals surface area (Å²) >= 11 is 0. The van der Waals surface area contributed by atoms with Crippen LogP contribution in [0.3, 0.4) is 0 Å². The summed E-state index contributed by atoms with van der Waals surface area (Å²) < 4.78 is 32.8. The third-order valence-corrected chi connectivity index (χ3v) is 4.82. The largest absolute Gasteiger partial charge is 0.496 e. The number of aromatic nitrogens is 1. The normalized spacial score (nSPS) is 11.5. The van der Waals surface area contributed by atoms with Gasteiger partial charge >= 0.3 is 0 Å². The zero-order valence-corrected chi connectivity index (χ0v) is 15.8.